The second kappa shape index (κ2) is 7.93. The lowest BCUT2D eigenvalue weighted by Crippen LogP contribution is -2.34. The number of nitrogens with zero attached hydrogens (tertiary/aromatic N) is 1. The van der Waals surface area contributed by atoms with Crippen LogP contribution in [-0.4, -0.2) is 23.0 Å². The Morgan fingerprint density at radius 2 is 1.95 bits per heavy atom. The predicted molar refractivity (Wildman–Crippen MR) is 82.6 cm³/mol. The number of unbranched alkanes of at least 4 members (excludes halogenated alkanes) is 1. The van der Waals surface area contributed by atoms with E-state index in [4.69, 9.17) is 0 Å². The molecule has 0 bridgehead atoms. The van der Waals surface area contributed by atoms with Gasteiger partial charge in [-0.05, 0) is 25.8 Å². The van der Waals surface area contributed by atoms with Crippen LogP contribution in [-0.2, 0) is 4.79 Å². The molecule has 0 aromatic heterocycles. The maximum Gasteiger partial charge on any atom is 0.225 e. The third-order valence-electron chi connectivity index (χ3n) is 4.06. The zero-order valence-electron chi connectivity index (χ0n) is 13.1. The highest BCUT2D eigenvalue weighted by Gasteiger charge is 2.25. The molecule has 0 spiro atoms. The third kappa shape index (κ3) is 3.99. The lowest BCUT2D eigenvalue weighted by atomic mass is 9.96. The molecule has 0 radical (unpaired) electrons. The fourth-order valence-electron chi connectivity index (χ4n) is 2.48. The lowest BCUT2D eigenvalue weighted by molar-refractivity contribution is -0.136. The van der Waals surface area contributed by atoms with E-state index in [1.165, 1.54) is 0 Å². The molecule has 3 nitrogen and oxygen atoms in total. The summed E-state index contributed by atoms with van der Waals surface area (Å²) in [6.45, 7) is 6.17. The van der Waals surface area contributed by atoms with Crippen LogP contribution >= 0.6 is 0 Å². The SMILES string of the molecule is CCCCC(CC)C(=O)N(C)C(C)c1ccccc1O. The van der Waals surface area contributed by atoms with Crippen molar-refractivity contribution in [2.45, 2.75) is 52.5 Å². The van der Waals surface area contributed by atoms with Crippen LogP contribution in [0.5, 0.6) is 5.75 Å². The molecule has 0 aliphatic rings. The summed E-state index contributed by atoms with van der Waals surface area (Å²) in [5.74, 6) is 0.520. The number of phenols is 1. The summed E-state index contributed by atoms with van der Waals surface area (Å²) in [7, 11) is 1.83. The van der Waals surface area contributed by atoms with Crippen molar-refractivity contribution in [3.63, 3.8) is 0 Å². The van der Waals surface area contributed by atoms with Gasteiger partial charge in [0.15, 0.2) is 0 Å². The molecule has 1 aromatic rings. The zero-order chi connectivity index (χ0) is 15.1. The minimum Gasteiger partial charge on any atom is -0.508 e. The molecular formula is C17H27NO2. The molecule has 3 heteroatoms. The summed E-state index contributed by atoms with van der Waals surface area (Å²) in [5.41, 5.74) is 0.800. The monoisotopic (exact) mass is 277 g/mol. The van der Waals surface area contributed by atoms with Crippen LogP contribution in [0.4, 0.5) is 0 Å². The number of hydrogen-bond donors (Lipinski definition) is 1. The van der Waals surface area contributed by atoms with Gasteiger partial charge in [0.1, 0.15) is 5.75 Å². The second-order valence-corrected chi connectivity index (χ2v) is 5.43. The van der Waals surface area contributed by atoms with Gasteiger partial charge in [0, 0.05) is 18.5 Å². The van der Waals surface area contributed by atoms with Gasteiger partial charge in [0.05, 0.1) is 6.04 Å². The number of carbonyl (C=O) groups is 1. The quantitative estimate of drug-likeness (QED) is 0.814. The third-order valence-corrected chi connectivity index (χ3v) is 4.06. The standard InChI is InChI=1S/C17H27NO2/c1-5-7-10-14(6-2)17(20)18(4)13(3)15-11-8-9-12-16(15)19/h8-9,11-14,19H,5-7,10H2,1-4H3. The summed E-state index contributed by atoms with van der Waals surface area (Å²) < 4.78 is 0. The number of benzene rings is 1. The summed E-state index contributed by atoms with van der Waals surface area (Å²) in [5, 5.41) is 9.91. The largest absolute Gasteiger partial charge is 0.508 e. The molecule has 2 unspecified atom stereocenters. The van der Waals surface area contributed by atoms with Gasteiger partial charge in [-0.3, -0.25) is 4.79 Å². The number of hydrogen-bond acceptors (Lipinski definition) is 2. The summed E-state index contributed by atoms with van der Waals surface area (Å²) >= 11 is 0. The van der Waals surface area contributed by atoms with Gasteiger partial charge >= 0.3 is 0 Å². The van der Waals surface area contributed by atoms with E-state index in [-0.39, 0.29) is 23.6 Å². The fraction of sp³-hybridized carbons (Fsp3) is 0.588. The fourth-order valence-corrected chi connectivity index (χ4v) is 2.48. The van der Waals surface area contributed by atoms with E-state index < -0.39 is 0 Å². The van der Waals surface area contributed by atoms with Crippen molar-refractivity contribution in [2.75, 3.05) is 7.05 Å². The highest BCUT2D eigenvalue weighted by molar-refractivity contribution is 5.79. The number of carbonyl (C=O) groups excluding carboxylic acids is 1. The van der Waals surface area contributed by atoms with E-state index in [1.54, 1.807) is 17.0 Å². The Morgan fingerprint density at radius 3 is 2.50 bits per heavy atom. The molecule has 1 aromatic carbocycles. The van der Waals surface area contributed by atoms with Crippen molar-refractivity contribution < 1.29 is 9.90 Å². The minimum absolute atomic E-state index is 0.0910. The van der Waals surface area contributed by atoms with Crippen LogP contribution in [0.3, 0.4) is 0 Å². The molecule has 2 atom stereocenters. The van der Waals surface area contributed by atoms with E-state index in [2.05, 4.69) is 13.8 Å². The molecule has 1 amide bonds. The van der Waals surface area contributed by atoms with Gasteiger partial charge in [0.25, 0.3) is 0 Å². The molecule has 0 aliphatic carbocycles. The highest BCUT2D eigenvalue weighted by Crippen LogP contribution is 2.29. The van der Waals surface area contributed by atoms with Crippen LogP contribution in [0, 0.1) is 5.92 Å². The first-order valence-electron chi connectivity index (χ1n) is 7.57. The highest BCUT2D eigenvalue weighted by atomic mass is 16.3. The van der Waals surface area contributed by atoms with Gasteiger partial charge in [-0.25, -0.2) is 0 Å². The van der Waals surface area contributed by atoms with Crippen molar-refractivity contribution in [1.82, 2.24) is 4.90 Å². The van der Waals surface area contributed by atoms with Gasteiger partial charge in [-0.1, -0.05) is 44.9 Å². The van der Waals surface area contributed by atoms with Gasteiger partial charge in [-0.15, -0.1) is 0 Å². The smallest absolute Gasteiger partial charge is 0.225 e. The van der Waals surface area contributed by atoms with E-state index in [0.717, 1.165) is 31.2 Å². The Bertz CT molecular complexity index is 431. The van der Waals surface area contributed by atoms with E-state index in [1.807, 2.05) is 26.1 Å². The summed E-state index contributed by atoms with van der Waals surface area (Å²) in [6.07, 6.45) is 4.02. The number of para-hydroxylation sites is 1. The number of amides is 1. The van der Waals surface area contributed by atoms with Crippen molar-refractivity contribution in [3.05, 3.63) is 29.8 Å². The second-order valence-electron chi connectivity index (χ2n) is 5.43. The molecule has 0 heterocycles. The molecule has 112 valence electrons. The average Bonchev–Trinajstić information content (AvgIpc) is 2.46. The Hall–Kier alpha value is -1.51. The van der Waals surface area contributed by atoms with Crippen molar-refractivity contribution in [2.24, 2.45) is 5.92 Å². The first-order chi connectivity index (χ1) is 9.52. The summed E-state index contributed by atoms with van der Waals surface area (Å²) in [4.78, 5) is 14.3. The number of rotatable bonds is 7. The van der Waals surface area contributed by atoms with Gasteiger partial charge < -0.3 is 10.0 Å². The summed E-state index contributed by atoms with van der Waals surface area (Å²) in [6, 6.07) is 7.11. The number of aromatic hydroxyl groups is 1. The van der Waals surface area contributed by atoms with Crippen LogP contribution in [0.25, 0.3) is 0 Å². The first kappa shape index (κ1) is 16.5. The van der Waals surface area contributed by atoms with Crippen molar-refractivity contribution >= 4 is 5.91 Å². The van der Waals surface area contributed by atoms with Gasteiger partial charge in [-0.2, -0.15) is 0 Å². The molecule has 0 saturated carbocycles. The molecule has 20 heavy (non-hydrogen) atoms. The maximum atomic E-state index is 12.6. The van der Waals surface area contributed by atoms with Crippen LogP contribution in [0.15, 0.2) is 24.3 Å². The first-order valence-corrected chi connectivity index (χ1v) is 7.57. The zero-order valence-corrected chi connectivity index (χ0v) is 13.1. The van der Waals surface area contributed by atoms with Crippen LogP contribution in [0.1, 0.15) is 58.1 Å². The Balaban J connectivity index is 2.79. The van der Waals surface area contributed by atoms with Gasteiger partial charge in [0.2, 0.25) is 5.91 Å². The molecular weight excluding hydrogens is 250 g/mol. The molecule has 0 saturated heterocycles. The van der Waals surface area contributed by atoms with Crippen LogP contribution < -0.4 is 0 Å². The van der Waals surface area contributed by atoms with E-state index in [9.17, 15) is 9.90 Å². The minimum atomic E-state index is -0.112. The van der Waals surface area contributed by atoms with Crippen LogP contribution in [0.2, 0.25) is 0 Å². The molecule has 0 aliphatic heterocycles. The maximum absolute atomic E-state index is 12.6. The van der Waals surface area contributed by atoms with Crippen molar-refractivity contribution in [1.29, 1.82) is 0 Å². The molecule has 1 rings (SSSR count). The van der Waals surface area contributed by atoms with E-state index in [0.29, 0.717) is 0 Å². The molecule has 1 N–H and O–H groups in total. The Labute approximate surface area is 122 Å². The number of phenolic OH excluding ortho intramolecular Hbond substituents is 1. The molecule has 0 fully saturated rings. The van der Waals surface area contributed by atoms with E-state index >= 15 is 0 Å². The Morgan fingerprint density at radius 1 is 1.30 bits per heavy atom. The normalized spacial score (nSPS) is 13.8. The topological polar surface area (TPSA) is 40.5 Å². The lowest BCUT2D eigenvalue weighted by Gasteiger charge is -2.29. The Kier molecular flexibility index (Phi) is 6.56. The van der Waals surface area contributed by atoms with Crippen molar-refractivity contribution in [3.8, 4) is 5.75 Å². The predicted octanol–water partition coefficient (Wildman–Crippen LogP) is 4.13. The average molecular weight is 277 g/mol.